The summed E-state index contributed by atoms with van der Waals surface area (Å²) in [6.07, 6.45) is 1.09. The van der Waals surface area contributed by atoms with E-state index in [0.29, 0.717) is 0 Å². The Hall–Kier alpha value is -1.28. The predicted octanol–water partition coefficient (Wildman–Crippen LogP) is 4.33. The zero-order valence-corrected chi connectivity index (χ0v) is 11.2. The van der Waals surface area contributed by atoms with Gasteiger partial charge in [0.1, 0.15) is 5.82 Å². The van der Waals surface area contributed by atoms with Crippen LogP contribution in [-0.4, -0.2) is 11.5 Å². The summed E-state index contributed by atoms with van der Waals surface area (Å²) in [7, 11) is 0. The molecule has 0 spiro atoms. The summed E-state index contributed by atoms with van der Waals surface area (Å²) in [5.74, 6) is 0.958. The van der Waals surface area contributed by atoms with Crippen molar-refractivity contribution in [2.45, 2.75) is 27.2 Å². The Morgan fingerprint density at radius 2 is 1.88 bits per heavy atom. The van der Waals surface area contributed by atoms with Crippen LogP contribution in [0.3, 0.4) is 0 Å². The molecule has 0 aliphatic carbocycles. The zero-order chi connectivity index (χ0) is 12.4. The molecule has 1 aromatic carbocycles. The van der Waals surface area contributed by atoms with E-state index in [9.17, 15) is 0 Å². The van der Waals surface area contributed by atoms with Crippen molar-refractivity contribution in [3.63, 3.8) is 0 Å². The van der Waals surface area contributed by atoms with Crippen LogP contribution >= 0.6 is 11.6 Å². The predicted molar refractivity (Wildman–Crippen MR) is 75.0 cm³/mol. The third-order valence-electron chi connectivity index (χ3n) is 2.83. The monoisotopic (exact) mass is 248 g/mol. The van der Waals surface area contributed by atoms with E-state index in [1.54, 1.807) is 0 Å². The molecule has 0 radical (unpaired) electrons. The van der Waals surface area contributed by atoms with Crippen molar-refractivity contribution in [2.24, 2.45) is 0 Å². The van der Waals surface area contributed by atoms with E-state index in [-0.39, 0.29) is 0 Å². The van der Waals surface area contributed by atoms with Crippen LogP contribution in [0.25, 0.3) is 10.9 Å². The Labute approximate surface area is 107 Å². The first-order chi connectivity index (χ1) is 8.11. The molecule has 0 saturated carbocycles. The zero-order valence-electron chi connectivity index (χ0n) is 10.5. The summed E-state index contributed by atoms with van der Waals surface area (Å²) < 4.78 is 0. The fraction of sp³-hybridized carbons (Fsp3) is 0.357. The van der Waals surface area contributed by atoms with Crippen LogP contribution in [0.1, 0.15) is 24.5 Å². The van der Waals surface area contributed by atoms with E-state index in [1.165, 1.54) is 5.56 Å². The Balaban J connectivity index is 2.51. The van der Waals surface area contributed by atoms with Gasteiger partial charge in [-0.05, 0) is 49.6 Å². The lowest BCUT2D eigenvalue weighted by Gasteiger charge is -2.10. The van der Waals surface area contributed by atoms with Gasteiger partial charge in [-0.15, -0.1) is 0 Å². The maximum absolute atomic E-state index is 6.12. The first kappa shape index (κ1) is 12.2. The number of hydrogen-bond acceptors (Lipinski definition) is 2. The second-order valence-electron chi connectivity index (χ2n) is 4.37. The van der Waals surface area contributed by atoms with Crippen LogP contribution in [-0.2, 0) is 0 Å². The van der Waals surface area contributed by atoms with Gasteiger partial charge < -0.3 is 5.32 Å². The molecule has 0 fully saturated rings. The minimum Gasteiger partial charge on any atom is -0.370 e. The molecule has 0 bridgehead atoms. The number of nitrogens with zero attached hydrogens (tertiary/aromatic N) is 1. The molecule has 1 N–H and O–H groups in total. The van der Waals surface area contributed by atoms with Crippen molar-refractivity contribution in [2.75, 3.05) is 11.9 Å². The average molecular weight is 249 g/mol. The quantitative estimate of drug-likeness (QED) is 0.875. The summed E-state index contributed by atoms with van der Waals surface area (Å²) in [6, 6.07) is 6.17. The van der Waals surface area contributed by atoms with Gasteiger partial charge in [-0.2, -0.15) is 0 Å². The van der Waals surface area contributed by atoms with E-state index in [4.69, 9.17) is 11.6 Å². The third-order valence-corrected chi connectivity index (χ3v) is 3.24. The summed E-state index contributed by atoms with van der Waals surface area (Å²) in [6.45, 7) is 7.18. The second kappa shape index (κ2) is 4.92. The van der Waals surface area contributed by atoms with Crippen LogP contribution in [0.4, 0.5) is 5.82 Å². The molecular formula is C14H17ClN2. The highest BCUT2D eigenvalue weighted by molar-refractivity contribution is 6.32. The fourth-order valence-corrected chi connectivity index (χ4v) is 2.00. The maximum Gasteiger partial charge on any atom is 0.129 e. The molecular weight excluding hydrogens is 232 g/mol. The van der Waals surface area contributed by atoms with Gasteiger partial charge in [0.2, 0.25) is 0 Å². The van der Waals surface area contributed by atoms with Crippen LogP contribution in [0.2, 0.25) is 5.02 Å². The van der Waals surface area contributed by atoms with Crippen molar-refractivity contribution in [3.8, 4) is 0 Å². The molecule has 0 saturated heterocycles. The SMILES string of the molecule is CCCNc1nc2cc(Cl)c(C)cc2cc1C. The Morgan fingerprint density at radius 1 is 1.18 bits per heavy atom. The summed E-state index contributed by atoms with van der Waals surface area (Å²) >= 11 is 6.12. The van der Waals surface area contributed by atoms with Crippen molar-refractivity contribution >= 4 is 28.3 Å². The van der Waals surface area contributed by atoms with Gasteiger partial charge in [0.05, 0.1) is 5.52 Å². The molecule has 2 rings (SSSR count). The van der Waals surface area contributed by atoms with E-state index in [1.807, 2.05) is 13.0 Å². The number of rotatable bonds is 3. The van der Waals surface area contributed by atoms with Crippen molar-refractivity contribution in [1.82, 2.24) is 4.98 Å². The normalized spacial score (nSPS) is 10.8. The topological polar surface area (TPSA) is 24.9 Å². The molecule has 2 nitrogen and oxygen atoms in total. The number of halogens is 1. The van der Waals surface area contributed by atoms with Crippen LogP contribution in [0.15, 0.2) is 18.2 Å². The first-order valence-electron chi connectivity index (χ1n) is 5.93. The minimum absolute atomic E-state index is 0.773. The molecule has 0 amide bonds. The van der Waals surface area contributed by atoms with E-state index < -0.39 is 0 Å². The van der Waals surface area contributed by atoms with Crippen molar-refractivity contribution in [3.05, 3.63) is 34.3 Å². The summed E-state index contributed by atoms with van der Waals surface area (Å²) in [5.41, 5.74) is 3.21. The molecule has 0 unspecified atom stereocenters. The molecule has 1 heterocycles. The van der Waals surface area contributed by atoms with Crippen LogP contribution < -0.4 is 5.32 Å². The molecule has 17 heavy (non-hydrogen) atoms. The van der Waals surface area contributed by atoms with Crippen LogP contribution in [0, 0.1) is 13.8 Å². The number of hydrogen-bond donors (Lipinski definition) is 1. The van der Waals surface area contributed by atoms with Crippen molar-refractivity contribution < 1.29 is 0 Å². The number of benzene rings is 1. The van der Waals surface area contributed by atoms with Gasteiger partial charge in [-0.25, -0.2) is 4.98 Å². The van der Waals surface area contributed by atoms with Crippen molar-refractivity contribution in [1.29, 1.82) is 0 Å². The standard InChI is InChI=1S/C14H17ClN2/c1-4-5-16-14-10(3)7-11-6-9(2)12(15)8-13(11)17-14/h6-8H,4-5H2,1-3H3,(H,16,17). The molecule has 0 aliphatic rings. The van der Waals surface area contributed by atoms with Gasteiger partial charge in [0.15, 0.2) is 0 Å². The Bertz CT molecular complexity index is 549. The second-order valence-corrected chi connectivity index (χ2v) is 4.78. The molecule has 3 heteroatoms. The number of aryl methyl sites for hydroxylation is 2. The highest BCUT2D eigenvalue weighted by Gasteiger charge is 2.05. The Kier molecular flexibility index (Phi) is 3.53. The van der Waals surface area contributed by atoms with E-state index >= 15 is 0 Å². The third kappa shape index (κ3) is 2.52. The Morgan fingerprint density at radius 3 is 2.59 bits per heavy atom. The lowest BCUT2D eigenvalue weighted by molar-refractivity contribution is 0.968. The highest BCUT2D eigenvalue weighted by Crippen LogP contribution is 2.25. The largest absolute Gasteiger partial charge is 0.370 e. The number of pyridine rings is 1. The fourth-order valence-electron chi connectivity index (χ4n) is 1.84. The lowest BCUT2D eigenvalue weighted by atomic mass is 10.1. The first-order valence-corrected chi connectivity index (χ1v) is 6.31. The molecule has 0 aliphatic heterocycles. The smallest absolute Gasteiger partial charge is 0.129 e. The molecule has 2 aromatic rings. The van der Waals surface area contributed by atoms with E-state index in [2.05, 4.69) is 36.3 Å². The van der Waals surface area contributed by atoms with Crippen LogP contribution in [0.5, 0.6) is 0 Å². The number of nitrogens with one attached hydrogen (secondary N) is 1. The lowest BCUT2D eigenvalue weighted by Crippen LogP contribution is -2.04. The minimum atomic E-state index is 0.773. The number of aromatic nitrogens is 1. The van der Waals surface area contributed by atoms with E-state index in [0.717, 1.165) is 40.3 Å². The summed E-state index contributed by atoms with van der Waals surface area (Å²) in [4.78, 5) is 4.62. The molecule has 1 aromatic heterocycles. The van der Waals surface area contributed by atoms with Gasteiger partial charge >= 0.3 is 0 Å². The molecule has 0 atom stereocenters. The summed E-state index contributed by atoms with van der Waals surface area (Å²) in [5, 5.41) is 5.25. The average Bonchev–Trinajstić information content (AvgIpc) is 2.29. The van der Waals surface area contributed by atoms with Gasteiger partial charge in [-0.3, -0.25) is 0 Å². The maximum atomic E-state index is 6.12. The van der Waals surface area contributed by atoms with Gasteiger partial charge in [0.25, 0.3) is 0 Å². The van der Waals surface area contributed by atoms with Gasteiger partial charge in [-0.1, -0.05) is 18.5 Å². The number of anilines is 1. The highest BCUT2D eigenvalue weighted by atomic mass is 35.5. The molecule has 90 valence electrons. The van der Waals surface area contributed by atoms with Gasteiger partial charge in [0, 0.05) is 17.0 Å². The number of fused-ring (bicyclic) bond motifs is 1.